The summed E-state index contributed by atoms with van der Waals surface area (Å²) in [6.07, 6.45) is 10.8. The van der Waals surface area contributed by atoms with Crippen LogP contribution in [0.5, 0.6) is 0 Å². The second-order valence-electron chi connectivity index (χ2n) is 14.8. The van der Waals surface area contributed by atoms with Gasteiger partial charge in [-0.3, -0.25) is 44.3 Å². The number of nitrogens with zero attached hydrogens (tertiary/aromatic N) is 6. The van der Waals surface area contributed by atoms with Crippen molar-refractivity contribution in [2.45, 2.75) is 45.8 Å². The third-order valence-electron chi connectivity index (χ3n) is 9.50. The first-order valence-corrected chi connectivity index (χ1v) is 20.4. The number of aromatic nitrogens is 6. The van der Waals surface area contributed by atoms with Crippen LogP contribution in [-0.2, 0) is 48.2 Å². The second kappa shape index (κ2) is 23.8. The fourth-order valence-corrected chi connectivity index (χ4v) is 6.03. The molecule has 0 radical (unpaired) electrons. The number of nitrogens with one attached hydrogen (secondary N) is 3. The normalized spacial score (nSPS) is 11.2. The van der Waals surface area contributed by atoms with Crippen molar-refractivity contribution < 1.29 is 28.6 Å². The van der Waals surface area contributed by atoms with Gasteiger partial charge in [0.25, 0.3) is 0 Å². The Morgan fingerprint density at radius 1 is 0.435 bits per heavy atom. The van der Waals surface area contributed by atoms with Crippen molar-refractivity contribution in [2.24, 2.45) is 5.41 Å². The molecule has 62 heavy (non-hydrogen) atoms. The number of hydrogen-bond acceptors (Lipinski definition) is 12. The molecule has 0 aliphatic carbocycles. The largest absolute Gasteiger partial charge is 0.380 e. The van der Waals surface area contributed by atoms with Crippen molar-refractivity contribution in [3.05, 3.63) is 145 Å². The van der Waals surface area contributed by atoms with Gasteiger partial charge < -0.3 is 30.2 Å². The minimum atomic E-state index is -0.632. The van der Waals surface area contributed by atoms with Crippen molar-refractivity contribution in [3.8, 4) is 34.2 Å². The van der Waals surface area contributed by atoms with Gasteiger partial charge in [0, 0.05) is 81.5 Å². The van der Waals surface area contributed by atoms with Gasteiger partial charge >= 0.3 is 0 Å². The lowest BCUT2D eigenvalue weighted by Crippen LogP contribution is -2.36. The fourth-order valence-electron chi connectivity index (χ4n) is 6.03. The van der Waals surface area contributed by atoms with Crippen molar-refractivity contribution in [1.82, 2.24) is 45.9 Å². The number of hydrogen-bond donors (Lipinski definition) is 3. The van der Waals surface area contributed by atoms with E-state index in [1.165, 1.54) is 0 Å². The number of pyridine rings is 6. The van der Waals surface area contributed by atoms with Crippen molar-refractivity contribution in [3.63, 3.8) is 0 Å². The highest BCUT2D eigenvalue weighted by Crippen LogP contribution is 2.20. The van der Waals surface area contributed by atoms with Crippen LogP contribution in [0.15, 0.2) is 128 Å². The summed E-state index contributed by atoms with van der Waals surface area (Å²) >= 11 is 0. The second-order valence-corrected chi connectivity index (χ2v) is 14.8. The monoisotopic (exact) mass is 837 g/mol. The third kappa shape index (κ3) is 15.0. The summed E-state index contributed by atoms with van der Waals surface area (Å²) in [4.78, 5) is 64.3. The summed E-state index contributed by atoms with van der Waals surface area (Å²) in [5.74, 6) is -0.486. The predicted octanol–water partition coefficient (Wildman–Crippen LogP) is 5.53. The summed E-state index contributed by atoms with van der Waals surface area (Å²) < 4.78 is 17.9. The van der Waals surface area contributed by atoms with Crippen molar-refractivity contribution in [2.75, 3.05) is 39.6 Å². The van der Waals surface area contributed by atoms with E-state index in [-0.39, 0.29) is 76.6 Å². The summed E-state index contributed by atoms with van der Waals surface area (Å²) in [5.41, 5.74) is 6.56. The van der Waals surface area contributed by atoms with Crippen molar-refractivity contribution in [1.29, 1.82) is 0 Å². The molecule has 3 amide bonds. The molecule has 6 aromatic rings. The highest BCUT2D eigenvalue weighted by atomic mass is 16.5. The van der Waals surface area contributed by atoms with E-state index in [0.717, 1.165) is 50.9 Å². The van der Waals surface area contributed by atoms with E-state index in [1.807, 2.05) is 97.9 Å². The molecule has 0 aliphatic heterocycles. The first-order valence-electron chi connectivity index (χ1n) is 20.4. The smallest absolute Gasteiger partial charge is 0.222 e. The molecule has 0 atom stereocenters. The Morgan fingerprint density at radius 2 is 0.742 bits per heavy atom. The van der Waals surface area contributed by atoms with Crippen LogP contribution < -0.4 is 16.0 Å². The molecule has 0 fully saturated rings. The SMILES string of the molecule is CC(COCCC(=O)NCc1ccc(-c2ccccn2)nc1)(COCCC(=O)NCc1ccc(-c2ccccn2)nc1)COCCC(=O)NCc1ccc(-c2ccccn2)nc1. The van der Waals surface area contributed by atoms with Gasteiger partial charge in [0.15, 0.2) is 0 Å². The van der Waals surface area contributed by atoms with E-state index < -0.39 is 5.41 Å². The Balaban J connectivity index is 0.913. The zero-order chi connectivity index (χ0) is 43.2. The third-order valence-corrected chi connectivity index (χ3v) is 9.50. The molecule has 0 bridgehead atoms. The molecular weight excluding hydrogens is 787 g/mol. The van der Waals surface area contributed by atoms with Gasteiger partial charge in [-0.05, 0) is 71.3 Å². The first kappa shape index (κ1) is 44.7. The number of amides is 3. The average molecular weight is 838 g/mol. The van der Waals surface area contributed by atoms with Gasteiger partial charge in [-0.15, -0.1) is 0 Å². The summed E-state index contributed by atoms with van der Waals surface area (Å²) in [6.45, 7) is 4.15. The van der Waals surface area contributed by atoms with Gasteiger partial charge in [-0.25, -0.2) is 0 Å². The average Bonchev–Trinajstić information content (AvgIpc) is 3.32. The topological polar surface area (TPSA) is 192 Å². The standard InChI is InChI=1S/C47H51N9O6/c1-47(32-60-23-17-44(57)54-29-35-11-14-41(51-26-35)38-8-2-5-20-48-38,33-61-24-18-45(58)55-30-36-12-15-42(52-27-36)39-9-3-6-21-49-39)34-62-25-19-46(59)56-31-37-13-16-43(53-28-37)40-10-4-7-22-50-40/h2-16,20-22,26-28H,17-19,23-25,29-34H2,1H3,(H,54,57)(H,55,58)(H,56,59). The van der Waals surface area contributed by atoms with Crippen LogP contribution >= 0.6 is 0 Å². The zero-order valence-corrected chi connectivity index (χ0v) is 34.7. The Labute approximate surface area is 361 Å². The maximum absolute atomic E-state index is 12.7. The molecule has 6 aromatic heterocycles. The van der Waals surface area contributed by atoms with E-state index >= 15 is 0 Å². The van der Waals surface area contributed by atoms with Gasteiger partial charge in [-0.2, -0.15) is 0 Å². The fraction of sp³-hybridized carbons (Fsp3) is 0.298. The Morgan fingerprint density at radius 3 is 1.00 bits per heavy atom. The number of ether oxygens (including phenoxy) is 3. The summed E-state index contributed by atoms with van der Waals surface area (Å²) in [7, 11) is 0. The molecular formula is C47H51N9O6. The minimum absolute atomic E-state index is 0.153. The highest BCUT2D eigenvalue weighted by molar-refractivity contribution is 5.76. The molecule has 3 N–H and O–H groups in total. The van der Waals surface area contributed by atoms with Crippen LogP contribution in [0.25, 0.3) is 34.2 Å². The Kier molecular flexibility index (Phi) is 17.2. The van der Waals surface area contributed by atoms with Gasteiger partial charge in [0.2, 0.25) is 17.7 Å². The molecule has 0 aromatic carbocycles. The number of rotatable bonds is 24. The molecule has 6 heterocycles. The molecule has 0 saturated heterocycles. The highest BCUT2D eigenvalue weighted by Gasteiger charge is 2.26. The first-order chi connectivity index (χ1) is 30.3. The van der Waals surface area contributed by atoms with E-state index in [4.69, 9.17) is 14.2 Å². The molecule has 0 unspecified atom stereocenters. The van der Waals surface area contributed by atoms with Crippen LogP contribution in [0.4, 0.5) is 0 Å². The summed E-state index contributed by atoms with van der Waals surface area (Å²) in [6, 6.07) is 28.3. The van der Waals surface area contributed by atoms with Crippen molar-refractivity contribution >= 4 is 17.7 Å². The van der Waals surface area contributed by atoms with E-state index in [1.54, 1.807) is 37.2 Å². The summed E-state index contributed by atoms with van der Waals surface area (Å²) in [5, 5.41) is 8.73. The van der Waals surface area contributed by atoms with E-state index in [9.17, 15) is 14.4 Å². The Hall–Kier alpha value is -6.81. The lowest BCUT2D eigenvalue weighted by Gasteiger charge is -2.29. The molecule has 320 valence electrons. The molecule has 15 heteroatoms. The number of carbonyl (C=O) groups is 3. The van der Waals surface area contributed by atoms with Crippen LogP contribution in [-0.4, -0.2) is 87.3 Å². The minimum Gasteiger partial charge on any atom is -0.380 e. The predicted molar refractivity (Wildman–Crippen MR) is 232 cm³/mol. The molecule has 0 saturated carbocycles. The van der Waals surface area contributed by atoms with Crippen LogP contribution in [0.1, 0.15) is 42.9 Å². The van der Waals surface area contributed by atoms with Gasteiger partial charge in [0.1, 0.15) is 0 Å². The van der Waals surface area contributed by atoms with Crippen LogP contribution in [0.3, 0.4) is 0 Å². The lowest BCUT2D eigenvalue weighted by molar-refractivity contribution is -0.123. The molecule has 0 spiro atoms. The van der Waals surface area contributed by atoms with Gasteiger partial charge in [-0.1, -0.05) is 43.3 Å². The maximum atomic E-state index is 12.7. The molecule has 6 rings (SSSR count). The Bertz CT molecular complexity index is 2010. The maximum Gasteiger partial charge on any atom is 0.222 e. The van der Waals surface area contributed by atoms with E-state index in [2.05, 4.69) is 45.9 Å². The molecule has 0 aliphatic rings. The van der Waals surface area contributed by atoms with Crippen LogP contribution in [0.2, 0.25) is 0 Å². The molecule has 15 nitrogen and oxygen atoms in total. The zero-order valence-electron chi connectivity index (χ0n) is 34.7. The van der Waals surface area contributed by atoms with Gasteiger partial charge in [0.05, 0.1) is 73.8 Å². The van der Waals surface area contributed by atoms with Crippen LogP contribution in [0, 0.1) is 5.41 Å². The number of carbonyl (C=O) groups excluding carboxylic acids is 3. The van der Waals surface area contributed by atoms with E-state index in [0.29, 0.717) is 19.6 Å². The lowest BCUT2D eigenvalue weighted by atomic mass is 9.94. The quantitative estimate of drug-likeness (QED) is 0.0647.